The summed E-state index contributed by atoms with van der Waals surface area (Å²) in [5.41, 5.74) is 7.89. The summed E-state index contributed by atoms with van der Waals surface area (Å²) in [6, 6.07) is 18.7. The van der Waals surface area contributed by atoms with Gasteiger partial charge in [-0.1, -0.05) is 37.6 Å². The molecule has 2 heterocycles. The lowest BCUT2D eigenvalue weighted by Crippen LogP contribution is -2.19. The summed E-state index contributed by atoms with van der Waals surface area (Å²) in [7, 11) is 0. The highest BCUT2D eigenvalue weighted by atomic mass is 16.5. The number of imidazole rings is 1. The third-order valence-electron chi connectivity index (χ3n) is 6.99. The Hall–Kier alpha value is -3.65. The third-order valence-corrected chi connectivity index (χ3v) is 6.99. The van der Waals surface area contributed by atoms with E-state index >= 15 is 0 Å². The maximum atomic E-state index is 9.71. The predicted octanol–water partition coefficient (Wildman–Crippen LogP) is 6.91. The highest BCUT2D eigenvalue weighted by molar-refractivity contribution is 5.76. The normalized spacial score (nSPS) is 14.2. The first kappa shape index (κ1) is 23.1. The summed E-state index contributed by atoms with van der Waals surface area (Å²) in [4.78, 5) is 9.66. The largest absolute Gasteiger partial charge is 0.490 e. The average molecular weight is 465 g/mol. The van der Waals surface area contributed by atoms with E-state index in [2.05, 4.69) is 54.8 Å². The molecule has 0 aliphatic heterocycles. The maximum absolute atomic E-state index is 9.71. The van der Waals surface area contributed by atoms with Gasteiger partial charge in [0, 0.05) is 17.7 Å². The van der Waals surface area contributed by atoms with Crippen LogP contribution in [0.5, 0.6) is 5.75 Å². The summed E-state index contributed by atoms with van der Waals surface area (Å²) in [6.07, 6.45) is 7.12. The summed E-state index contributed by atoms with van der Waals surface area (Å²) in [5, 5.41) is 9.71. The van der Waals surface area contributed by atoms with Gasteiger partial charge in [-0.3, -0.25) is 0 Å². The molecule has 0 radical (unpaired) electrons. The summed E-state index contributed by atoms with van der Waals surface area (Å²) in [5.74, 6) is 1.90. The van der Waals surface area contributed by atoms with Crippen LogP contribution in [0.25, 0.3) is 22.3 Å². The fourth-order valence-electron chi connectivity index (χ4n) is 5.17. The molecule has 1 saturated carbocycles. The lowest BCUT2D eigenvalue weighted by Gasteiger charge is -2.23. The summed E-state index contributed by atoms with van der Waals surface area (Å²) < 4.78 is 8.50. The molecule has 0 unspecified atom stereocenters. The van der Waals surface area contributed by atoms with Crippen molar-refractivity contribution in [3.05, 3.63) is 76.7 Å². The molecule has 0 N–H and O–H groups in total. The smallest absolute Gasteiger partial charge is 0.160 e. The van der Waals surface area contributed by atoms with E-state index < -0.39 is 0 Å². The molecule has 0 saturated heterocycles. The number of aromatic nitrogens is 3. The molecule has 0 bridgehead atoms. The quantitative estimate of drug-likeness (QED) is 0.311. The van der Waals surface area contributed by atoms with Crippen molar-refractivity contribution in [2.75, 3.05) is 0 Å². The van der Waals surface area contributed by atoms with Crippen LogP contribution in [0.15, 0.2) is 48.5 Å². The topological polar surface area (TPSA) is 63.7 Å². The van der Waals surface area contributed by atoms with Gasteiger partial charge in [0.25, 0.3) is 0 Å². The van der Waals surface area contributed by atoms with Crippen molar-refractivity contribution < 1.29 is 4.74 Å². The predicted molar refractivity (Wildman–Crippen MR) is 140 cm³/mol. The Morgan fingerprint density at radius 1 is 1.00 bits per heavy atom. The van der Waals surface area contributed by atoms with Crippen molar-refractivity contribution in [3.63, 3.8) is 0 Å². The number of ether oxygens (including phenoxy) is 1. The Labute approximate surface area is 207 Å². The molecule has 5 heteroatoms. The number of rotatable bonds is 6. The van der Waals surface area contributed by atoms with Crippen molar-refractivity contribution in [2.45, 2.75) is 71.9 Å². The molecule has 1 aliphatic carbocycles. The van der Waals surface area contributed by atoms with Gasteiger partial charge < -0.3 is 9.30 Å². The summed E-state index contributed by atoms with van der Waals surface area (Å²) >= 11 is 0. The first-order valence-corrected chi connectivity index (χ1v) is 12.7. The number of benzene rings is 2. The fraction of sp³-hybridized carbons (Fsp3) is 0.367. The van der Waals surface area contributed by atoms with Gasteiger partial charge in [-0.15, -0.1) is 0 Å². The van der Waals surface area contributed by atoms with E-state index in [1.165, 1.54) is 24.8 Å². The molecule has 0 spiro atoms. The third kappa shape index (κ3) is 4.79. The second-order valence-electron chi connectivity index (χ2n) is 9.61. The van der Waals surface area contributed by atoms with Gasteiger partial charge >= 0.3 is 0 Å². The van der Waals surface area contributed by atoms with Gasteiger partial charge in [0.15, 0.2) is 5.65 Å². The van der Waals surface area contributed by atoms with Crippen molar-refractivity contribution in [2.24, 2.45) is 0 Å². The van der Waals surface area contributed by atoms with Crippen LogP contribution in [0, 0.1) is 25.2 Å². The average Bonchev–Trinajstić information content (AvgIpc) is 3.22. The Balaban J connectivity index is 1.43. The molecule has 5 nitrogen and oxygen atoms in total. The molecule has 1 fully saturated rings. The van der Waals surface area contributed by atoms with Gasteiger partial charge in [0.05, 0.1) is 24.3 Å². The highest BCUT2D eigenvalue weighted by Crippen LogP contribution is 2.31. The van der Waals surface area contributed by atoms with E-state index in [-0.39, 0.29) is 6.10 Å². The molecule has 2 aromatic heterocycles. The first-order valence-electron chi connectivity index (χ1n) is 12.7. The van der Waals surface area contributed by atoms with Gasteiger partial charge in [0.2, 0.25) is 0 Å². The van der Waals surface area contributed by atoms with E-state index in [9.17, 15) is 5.26 Å². The van der Waals surface area contributed by atoms with Crippen LogP contribution < -0.4 is 4.74 Å². The monoisotopic (exact) mass is 464 g/mol. The van der Waals surface area contributed by atoms with Crippen molar-refractivity contribution >= 4 is 11.2 Å². The lowest BCUT2D eigenvalue weighted by atomic mass is 9.97. The van der Waals surface area contributed by atoms with Crippen LogP contribution in [0.1, 0.15) is 67.2 Å². The number of aryl methyl sites for hydroxylation is 3. The van der Waals surface area contributed by atoms with Gasteiger partial charge in [0.1, 0.15) is 17.1 Å². The van der Waals surface area contributed by atoms with Crippen molar-refractivity contribution in [3.8, 4) is 22.9 Å². The molecule has 1 aliphatic rings. The number of nitrogens with zero attached hydrogens (tertiary/aromatic N) is 4. The van der Waals surface area contributed by atoms with Crippen LogP contribution in [-0.2, 0) is 13.0 Å². The standard InChI is InChI=1S/C30H32N4O/c1-4-28-33-29-20(2)16-21(3)32-30(29)34(28)19-22-10-12-23(13-11-22)27-17-26(15-14-24(27)18-31)35-25-8-6-5-7-9-25/h10-17,25H,4-9,19H2,1-3H3. The Bertz CT molecular complexity index is 1390. The number of nitriles is 1. The Morgan fingerprint density at radius 3 is 2.49 bits per heavy atom. The van der Waals surface area contributed by atoms with E-state index in [0.29, 0.717) is 12.1 Å². The van der Waals surface area contributed by atoms with E-state index in [1.54, 1.807) is 0 Å². The summed E-state index contributed by atoms with van der Waals surface area (Å²) in [6.45, 7) is 6.98. The molecular weight excluding hydrogens is 432 g/mol. The van der Waals surface area contributed by atoms with E-state index in [1.807, 2.05) is 25.1 Å². The minimum atomic E-state index is 0.283. The van der Waals surface area contributed by atoms with Crippen LogP contribution in [0.2, 0.25) is 0 Å². The Kier molecular flexibility index (Phi) is 6.55. The molecule has 178 valence electrons. The molecule has 0 amide bonds. The molecule has 5 rings (SSSR count). The van der Waals surface area contributed by atoms with Gasteiger partial charge in [-0.25, -0.2) is 9.97 Å². The SMILES string of the molecule is CCc1nc2c(C)cc(C)nc2n1Cc1ccc(-c2cc(OC3CCCCC3)ccc2C#N)cc1. The molecule has 0 atom stereocenters. The number of hydrogen-bond acceptors (Lipinski definition) is 4. The number of fused-ring (bicyclic) bond motifs is 1. The minimum absolute atomic E-state index is 0.283. The minimum Gasteiger partial charge on any atom is -0.490 e. The molecule has 2 aromatic carbocycles. The van der Waals surface area contributed by atoms with E-state index in [0.717, 1.165) is 64.4 Å². The van der Waals surface area contributed by atoms with Crippen LogP contribution >= 0.6 is 0 Å². The van der Waals surface area contributed by atoms with E-state index in [4.69, 9.17) is 14.7 Å². The second-order valence-corrected chi connectivity index (χ2v) is 9.61. The van der Waals surface area contributed by atoms with Gasteiger partial charge in [-0.05, 0) is 80.5 Å². The fourth-order valence-corrected chi connectivity index (χ4v) is 5.17. The van der Waals surface area contributed by atoms with Crippen molar-refractivity contribution in [1.29, 1.82) is 5.26 Å². The highest BCUT2D eigenvalue weighted by Gasteiger charge is 2.17. The van der Waals surface area contributed by atoms with Crippen molar-refractivity contribution in [1.82, 2.24) is 14.5 Å². The molecule has 4 aromatic rings. The van der Waals surface area contributed by atoms with Crippen LogP contribution in [0.3, 0.4) is 0 Å². The molecular formula is C30H32N4O. The first-order chi connectivity index (χ1) is 17.1. The second kappa shape index (κ2) is 9.92. The Morgan fingerprint density at radius 2 is 1.77 bits per heavy atom. The number of hydrogen-bond donors (Lipinski definition) is 0. The van der Waals surface area contributed by atoms with Gasteiger partial charge in [-0.2, -0.15) is 5.26 Å². The number of pyridine rings is 1. The zero-order valence-corrected chi connectivity index (χ0v) is 20.8. The molecule has 35 heavy (non-hydrogen) atoms. The zero-order chi connectivity index (χ0) is 24.4. The van der Waals surface area contributed by atoms with Crippen LogP contribution in [-0.4, -0.2) is 20.6 Å². The zero-order valence-electron chi connectivity index (χ0n) is 20.8. The maximum Gasteiger partial charge on any atom is 0.160 e. The lowest BCUT2D eigenvalue weighted by molar-refractivity contribution is 0.155. The van der Waals surface area contributed by atoms with Crippen LogP contribution in [0.4, 0.5) is 0 Å².